The fourth-order valence-corrected chi connectivity index (χ4v) is 5.20. The first kappa shape index (κ1) is 21.2. The Balaban J connectivity index is 1.71. The molecule has 0 fully saturated rings. The molecule has 4 aromatic rings. The fourth-order valence-electron chi connectivity index (χ4n) is 5.20. The monoisotopic (exact) mass is 447 g/mol. The van der Waals surface area contributed by atoms with E-state index < -0.39 is 17.0 Å². The summed E-state index contributed by atoms with van der Waals surface area (Å²) >= 11 is 0. The minimum Gasteiger partial charge on any atom is -0.223 e. The first-order chi connectivity index (χ1) is 15.8. The van der Waals surface area contributed by atoms with Gasteiger partial charge in [-0.25, -0.2) is 23.7 Å². The van der Waals surface area contributed by atoms with Gasteiger partial charge in [-0.15, -0.1) is 5.10 Å². The lowest BCUT2D eigenvalue weighted by atomic mass is 9.62. The highest BCUT2D eigenvalue weighted by Crippen LogP contribution is 2.61. The standard InChI is InChI=1S/C24H23F2N7/c1-5-15-14-11-18(20-16(25)7-6-8-17(20)26)31-32-21(14)24(4,23(15,2)3)19-9-10-28-22(30-19)33-13-27-12-29-33/h6-13,15H,5H2,1-4H3. The molecule has 168 valence electrons. The summed E-state index contributed by atoms with van der Waals surface area (Å²) in [6.07, 6.45) is 5.48. The first-order valence-electron chi connectivity index (χ1n) is 10.8. The second-order valence-electron chi connectivity index (χ2n) is 9.02. The predicted octanol–water partition coefficient (Wildman–Crippen LogP) is 4.63. The van der Waals surface area contributed by atoms with Crippen molar-refractivity contribution >= 4 is 0 Å². The summed E-state index contributed by atoms with van der Waals surface area (Å²) in [6, 6.07) is 7.45. The molecule has 5 rings (SSSR count). The molecule has 1 aliphatic carbocycles. The molecule has 7 nitrogen and oxygen atoms in total. The van der Waals surface area contributed by atoms with Crippen molar-refractivity contribution in [3.05, 3.63) is 77.8 Å². The van der Waals surface area contributed by atoms with Gasteiger partial charge in [0, 0.05) is 6.20 Å². The van der Waals surface area contributed by atoms with Gasteiger partial charge >= 0.3 is 0 Å². The van der Waals surface area contributed by atoms with E-state index in [1.54, 1.807) is 18.6 Å². The Bertz CT molecular complexity index is 1320. The molecule has 0 N–H and O–H groups in total. The van der Waals surface area contributed by atoms with E-state index in [1.807, 2.05) is 6.07 Å². The molecule has 0 aliphatic heterocycles. The summed E-state index contributed by atoms with van der Waals surface area (Å²) in [5, 5.41) is 13.0. The molecule has 0 bridgehead atoms. The second-order valence-corrected chi connectivity index (χ2v) is 9.02. The van der Waals surface area contributed by atoms with Crippen LogP contribution in [0.25, 0.3) is 17.2 Å². The normalized spacial score (nSPS) is 21.2. The van der Waals surface area contributed by atoms with E-state index in [2.05, 4.69) is 53.0 Å². The van der Waals surface area contributed by atoms with Crippen molar-refractivity contribution in [1.29, 1.82) is 0 Å². The smallest absolute Gasteiger partial charge is 0.223 e. The molecule has 0 saturated carbocycles. The lowest BCUT2D eigenvalue weighted by Gasteiger charge is -2.41. The van der Waals surface area contributed by atoms with Crippen molar-refractivity contribution in [3.8, 4) is 17.2 Å². The summed E-state index contributed by atoms with van der Waals surface area (Å²) in [5.74, 6) is -0.843. The van der Waals surface area contributed by atoms with Crippen LogP contribution >= 0.6 is 0 Å². The Hall–Kier alpha value is -3.62. The summed E-state index contributed by atoms with van der Waals surface area (Å²) in [5.41, 5.74) is 1.53. The van der Waals surface area contributed by atoms with E-state index in [0.29, 0.717) is 5.95 Å². The van der Waals surface area contributed by atoms with Gasteiger partial charge in [0.2, 0.25) is 0 Å². The Morgan fingerprint density at radius 3 is 2.48 bits per heavy atom. The van der Waals surface area contributed by atoms with Gasteiger partial charge in [0.05, 0.1) is 28.1 Å². The molecule has 0 saturated heterocycles. The Labute approximate surface area is 190 Å². The van der Waals surface area contributed by atoms with Crippen molar-refractivity contribution in [2.24, 2.45) is 5.41 Å². The highest BCUT2D eigenvalue weighted by Gasteiger charge is 2.57. The third-order valence-corrected chi connectivity index (χ3v) is 7.24. The molecular formula is C24H23F2N7. The molecule has 1 aromatic carbocycles. The molecular weight excluding hydrogens is 424 g/mol. The number of benzene rings is 1. The van der Waals surface area contributed by atoms with Crippen molar-refractivity contribution in [3.63, 3.8) is 0 Å². The van der Waals surface area contributed by atoms with Crippen LogP contribution in [-0.4, -0.2) is 34.9 Å². The van der Waals surface area contributed by atoms with E-state index >= 15 is 0 Å². The van der Waals surface area contributed by atoms with Gasteiger partial charge in [-0.2, -0.15) is 14.9 Å². The van der Waals surface area contributed by atoms with Gasteiger partial charge in [0.1, 0.15) is 24.3 Å². The molecule has 9 heteroatoms. The summed E-state index contributed by atoms with van der Waals surface area (Å²) < 4.78 is 30.5. The first-order valence-corrected chi connectivity index (χ1v) is 10.8. The molecule has 33 heavy (non-hydrogen) atoms. The highest BCUT2D eigenvalue weighted by atomic mass is 19.1. The van der Waals surface area contributed by atoms with Crippen molar-refractivity contribution in [2.75, 3.05) is 0 Å². The van der Waals surface area contributed by atoms with Crippen LogP contribution in [0.1, 0.15) is 57.0 Å². The van der Waals surface area contributed by atoms with E-state index in [-0.39, 0.29) is 22.6 Å². The Morgan fingerprint density at radius 2 is 1.82 bits per heavy atom. The second kappa shape index (κ2) is 7.47. The molecule has 0 radical (unpaired) electrons. The van der Waals surface area contributed by atoms with Crippen LogP contribution in [0.5, 0.6) is 0 Å². The lowest BCUT2D eigenvalue weighted by molar-refractivity contribution is 0.189. The number of nitrogens with zero attached hydrogens (tertiary/aromatic N) is 7. The summed E-state index contributed by atoms with van der Waals surface area (Å²) in [6.45, 7) is 8.53. The Kier molecular flexibility index (Phi) is 4.81. The molecule has 0 spiro atoms. The number of hydrogen-bond acceptors (Lipinski definition) is 6. The molecule has 2 unspecified atom stereocenters. The van der Waals surface area contributed by atoms with E-state index in [9.17, 15) is 8.78 Å². The van der Waals surface area contributed by atoms with Gasteiger partial charge < -0.3 is 0 Å². The van der Waals surface area contributed by atoms with Crippen LogP contribution in [0.2, 0.25) is 0 Å². The molecule has 3 aromatic heterocycles. The minimum absolute atomic E-state index is 0.0753. The minimum atomic E-state index is -0.661. The van der Waals surface area contributed by atoms with Crippen molar-refractivity contribution in [1.82, 2.24) is 34.9 Å². The van der Waals surface area contributed by atoms with Crippen molar-refractivity contribution < 1.29 is 8.78 Å². The number of rotatable bonds is 4. The largest absolute Gasteiger partial charge is 0.252 e. The zero-order chi connectivity index (χ0) is 23.4. The quantitative estimate of drug-likeness (QED) is 0.454. The lowest BCUT2D eigenvalue weighted by Crippen LogP contribution is -2.40. The van der Waals surface area contributed by atoms with Gasteiger partial charge in [0.15, 0.2) is 0 Å². The topological polar surface area (TPSA) is 82.3 Å². The van der Waals surface area contributed by atoms with E-state index in [1.165, 1.54) is 29.2 Å². The van der Waals surface area contributed by atoms with Gasteiger partial charge in [0.25, 0.3) is 5.95 Å². The van der Waals surface area contributed by atoms with Crippen LogP contribution in [0.4, 0.5) is 8.78 Å². The predicted molar refractivity (Wildman–Crippen MR) is 118 cm³/mol. The SMILES string of the molecule is CCC1c2cc(-c3c(F)cccc3F)nnc2C(C)(c2ccnc(-n3cncn3)n2)C1(C)C. The van der Waals surface area contributed by atoms with Crippen LogP contribution in [0, 0.1) is 17.0 Å². The highest BCUT2D eigenvalue weighted by molar-refractivity contribution is 5.63. The van der Waals surface area contributed by atoms with Gasteiger partial charge in [-0.1, -0.05) is 26.8 Å². The zero-order valence-electron chi connectivity index (χ0n) is 18.8. The van der Waals surface area contributed by atoms with Crippen LogP contribution < -0.4 is 0 Å². The zero-order valence-corrected chi connectivity index (χ0v) is 18.8. The molecule has 0 amide bonds. The molecule has 2 atom stereocenters. The Morgan fingerprint density at radius 1 is 1.06 bits per heavy atom. The molecule has 3 heterocycles. The maximum Gasteiger partial charge on any atom is 0.252 e. The van der Waals surface area contributed by atoms with E-state index in [0.717, 1.165) is 23.4 Å². The van der Waals surface area contributed by atoms with Gasteiger partial charge in [-0.3, -0.25) is 0 Å². The van der Waals surface area contributed by atoms with Crippen LogP contribution in [0.3, 0.4) is 0 Å². The average Bonchev–Trinajstić information content (AvgIpc) is 3.39. The third kappa shape index (κ3) is 2.98. The average molecular weight is 447 g/mol. The molecule has 1 aliphatic rings. The number of hydrogen-bond donors (Lipinski definition) is 0. The number of aromatic nitrogens is 7. The number of halogens is 2. The van der Waals surface area contributed by atoms with E-state index in [4.69, 9.17) is 4.98 Å². The maximum absolute atomic E-state index is 14.5. The third-order valence-electron chi connectivity index (χ3n) is 7.24. The van der Waals surface area contributed by atoms with Crippen molar-refractivity contribution in [2.45, 2.75) is 45.4 Å². The maximum atomic E-state index is 14.5. The fraction of sp³-hybridized carbons (Fsp3) is 0.333. The summed E-state index contributed by atoms with van der Waals surface area (Å²) in [7, 11) is 0. The number of fused-ring (bicyclic) bond motifs is 1. The summed E-state index contributed by atoms with van der Waals surface area (Å²) in [4.78, 5) is 13.1. The van der Waals surface area contributed by atoms with Crippen LogP contribution in [0.15, 0.2) is 49.2 Å². The van der Waals surface area contributed by atoms with Crippen LogP contribution in [-0.2, 0) is 5.41 Å². The van der Waals surface area contributed by atoms with Gasteiger partial charge in [-0.05, 0) is 54.5 Å².